The van der Waals surface area contributed by atoms with Crippen LogP contribution in [0.2, 0.25) is 5.02 Å². The van der Waals surface area contributed by atoms with Crippen LogP contribution in [0.1, 0.15) is 11.1 Å². The van der Waals surface area contributed by atoms with E-state index in [9.17, 15) is 9.18 Å². The lowest BCUT2D eigenvalue weighted by Crippen LogP contribution is -2.10. The molecule has 0 heterocycles. The van der Waals surface area contributed by atoms with E-state index in [0.717, 1.165) is 0 Å². The summed E-state index contributed by atoms with van der Waals surface area (Å²) < 4.78 is 18.4. The number of carboxylic acid groups (broad SMARTS) is 1. The van der Waals surface area contributed by atoms with E-state index in [0.29, 0.717) is 10.6 Å². The molecule has 3 nitrogen and oxygen atoms in total. The van der Waals surface area contributed by atoms with Gasteiger partial charge in [-0.15, -0.1) is 0 Å². The summed E-state index contributed by atoms with van der Waals surface area (Å²) in [5, 5.41) is 9.09. The minimum Gasteiger partial charge on any atom is -0.481 e. The highest BCUT2D eigenvalue weighted by Gasteiger charge is 2.06. The molecule has 0 amide bonds. The van der Waals surface area contributed by atoms with E-state index in [1.807, 2.05) is 0 Å². The molecule has 21 heavy (non-hydrogen) atoms. The molecule has 106 valence electrons. The van der Waals surface area contributed by atoms with Crippen LogP contribution < -0.4 is 4.74 Å². The fourth-order valence-corrected chi connectivity index (χ4v) is 1.75. The summed E-state index contributed by atoms with van der Waals surface area (Å²) in [6.45, 7) is -0.521. The first-order valence-corrected chi connectivity index (χ1v) is 6.35. The van der Waals surface area contributed by atoms with Gasteiger partial charge in [-0.2, -0.15) is 0 Å². The number of aliphatic carboxylic acids is 1. The molecule has 0 radical (unpaired) electrons. The Morgan fingerprint density at radius 3 is 2.62 bits per heavy atom. The molecule has 2 aromatic rings. The van der Waals surface area contributed by atoms with Gasteiger partial charge in [0, 0.05) is 5.56 Å². The van der Waals surface area contributed by atoms with Crippen molar-refractivity contribution in [2.75, 3.05) is 6.61 Å². The molecule has 0 aliphatic heterocycles. The number of hydrogen-bond donors (Lipinski definition) is 1. The highest BCUT2D eigenvalue weighted by molar-refractivity contribution is 6.31. The Balaban J connectivity index is 2.33. The molecular formula is C16H10ClFO3. The maximum atomic E-state index is 13.3. The lowest BCUT2D eigenvalue weighted by molar-refractivity contribution is -0.139. The van der Waals surface area contributed by atoms with Gasteiger partial charge in [-0.25, -0.2) is 9.18 Å². The third-order valence-corrected chi connectivity index (χ3v) is 2.83. The molecule has 2 rings (SSSR count). The molecule has 0 saturated carbocycles. The number of rotatable bonds is 3. The third kappa shape index (κ3) is 4.23. The zero-order chi connectivity index (χ0) is 15.2. The predicted molar refractivity (Wildman–Crippen MR) is 77.0 cm³/mol. The van der Waals surface area contributed by atoms with Crippen LogP contribution in [0.3, 0.4) is 0 Å². The van der Waals surface area contributed by atoms with Crippen LogP contribution in [0.5, 0.6) is 5.75 Å². The van der Waals surface area contributed by atoms with Crippen LogP contribution in [0.4, 0.5) is 4.39 Å². The van der Waals surface area contributed by atoms with Crippen molar-refractivity contribution in [1.29, 1.82) is 0 Å². The Bertz CT molecular complexity index is 732. The van der Waals surface area contributed by atoms with E-state index in [1.165, 1.54) is 18.2 Å². The van der Waals surface area contributed by atoms with Crippen molar-refractivity contribution in [2.45, 2.75) is 0 Å². The van der Waals surface area contributed by atoms with E-state index in [4.69, 9.17) is 21.4 Å². The number of carboxylic acids is 1. The molecular weight excluding hydrogens is 295 g/mol. The fourth-order valence-electron chi connectivity index (χ4n) is 1.56. The number of carbonyl (C=O) groups is 1. The van der Waals surface area contributed by atoms with Crippen molar-refractivity contribution in [3.05, 3.63) is 64.4 Å². The monoisotopic (exact) mass is 304 g/mol. The van der Waals surface area contributed by atoms with Crippen molar-refractivity contribution >= 4 is 17.6 Å². The van der Waals surface area contributed by atoms with Crippen molar-refractivity contribution in [3.63, 3.8) is 0 Å². The lowest BCUT2D eigenvalue weighted by atomic mass is 10.1. The van der Waals surface area contributed by atoms with E-state index >= 15 is 0 Å². The Morgan fingerprint density at radius 2 is 1.90 bits per heavy atom. The molecule has 5 heteroatoms. The summed E-state index contributed by atoms with van der Waals surface area (Å²) in [4.78, 5) is 10.5. The summed E-state index contributed by atoms with van der Waals surface area (Å²) in [6.07, 6.45) is 0. The number of ether oxygens (including phenoxy) is 1. The number of benzene rings is 2. The summed E-state index contributed by atoms with van der Waals surface area (Å²) in [5.41, 5.74) is 0.851. The van der Waals surface area contributed by atoms with Crippen molar-refractivity contribution < 1.29 is 19.0 Å². The predicted octanol–water partition coefficient (Wildman–Crippen LogP) is 3.34. The molecule has 0 bridgehead atoms. The van der Waals surface area contributed by atoms with Crippen molar-refractivity contribution in [3.8, 4) is 17.6 Å². The molecule has 0 unspecified atom stereocenters. The van der Waals surface area contributed by atoms with Gasteiger partial charge in [0.25, 0.3) is 0 Å². The molecule has 2 aromatic carbocycles. The molecule has 0 aromatic heterocycles. The molecule has 0 atom stereocenters. The number of hydrogen-bond acceptors (Lipinski definition) is 2. The van der Waals surface area contributed by atoms with Gasteiger partial charge in [0.2, 0.25) is 0 Å². The maximum Gasteiger partial charge on any atom is 0.341 e. The van der Waals surface area contributed by atoms with E-state index in [1.54, 1.807) is 24.3 Å². The first kappa shape index (κ1) is 14.9. The normalized spacial score (nSPS) is 9.62. The standard InChI is InChI=1S/C16H10ClFO3/c17-14-4-2-1-3-11(14)5-6-12-9-13(18)7-8-15(12)21-10-16(19)20/h1-4,7-9H,10H2,(H,19,20). The summed E-state index contributed by atoms with van der Waals surface area (Å²) in [7, 11) is 0. The molecule has 0 saturated heterocycles. The third-order valence-electron chi connectivity index (χ3n) is 2.50. The minimum atomic E-state index is -1.12. The van der Waals surface area contributed by atoms with E-state index in [-0.39, 0.29) is 11.3 Å². The lowest BCUT2D eigenvalue weighted by Gasteiger charge is -2.05. The van der Waals surface area contributed by atoms with Gasteiger partial charge in [-0.3, -0.25) is 0 Å². The minimum absolute atomic E-state index is 0.207. The molecule has 0 fully saturated rings. The Morgan fingerprint density at radius 1 is 1.19 bits per heavy atom. The van der Waals surface area contributed by atoms with Crippen LogP contribution in [-0.2, 0) is 4.79 Å². The van der Waals surface area contributed by atoms with Gasteiger partial charge in [-0.1, -0.05) is 35.6 Å². The maximum absolute atomic E-state index is 13.3. The average molecular weight is 305 g/mol. The first-order valence-electron chi connectivity index (χ1n) is 5.97. The van der Waals surface area contributed by atoms with Crippen LogP contribution in [0.15, 0.2) is 42.5 Å². The van der Waals surface area contributed by atoms with Gasteiger partial charge in [-0.05, 0) is 30.3 Å². The Labute approximate surface area is 125 Å². The molecule has 0 spiro atoms. The molecule has 1 N–H and O–H groups in total. The van der Waals surface area contributed by atoms with Crippen molar-refractivity contribution in [1.82, 2.24) is 0 Å². The highest BCUT2D eigenvalue weighted by Crippen LogP contribution is 2.20. The Hall–Kier alpha value is -2.51. The Kier molecular flexibility index (Phi) is 4.81. The van der Waals surface area contributed by atoms with Gasteiger partial charge < -0.3 is 9.84 Å². The van der Waals surface area contributed by atoms with Crippen molar-refractivity contribution in [2.24, 2.45) is 0 Å². The second-order valence-corrected chi connectivity index (χ2v) is 4.46. The van der Waals surface area contributed by atoms with Gasteiger partial charge in [0.1, 0.15) is 11.6 Å². The summed E-state index contributed by atoms with van der Waals surface area (Å²) >= 11 is 5.98. The van der Waals surface area contributed by atoms with Gasteiger partial charge in [0.05, 0.1) is 10.6 Å². The smallest absolute Gasteiger partial charge is 0.341 e. The van der Waals surface area contributed by atoms with Crippen LogP contribution in [0, 0.1) is 17.7 Å². The van der Waals surface area contributed by atoms with Crippen LogP contribution >= 0.6 is 11.6 Å². The number of halogens is 2. The van der Waals surface area contributed by atoms with Crippen LogP contribution in [-0.4, -0.2) is 17.7 Å². The zero-order valence-corrected chi connectivity index (χ0v) is 11.5. The van der Waals surface area contributed by atoms with Gasteiger partial charge >= 0.3 is 5.97 Å². The SMILES string of the molecule is O=C(O)COc1ccc(F)cc1C#Cc1ccccc1Cl. The highest BCUT2D eigenvalue weighted by atomic mass is 35.5. The topological polar surface area (TPSA) is 46.5 Å². The fraction of sp³-hybridized carbons (Fsp3) is 0.0625. The van der Waals surface area contributed by atoms with E-state index < -0.39 is 18.4 Å². The molecule has 0 aliphatic carbocycles. The average Bonchev–Trinajstić information content (AvgIpc) is 2.45. The second-order valence-electron chi connectivity index (χ2n) is 4.05. The summed E-state index contributed by atoms with van der Waals surface area (Å²) in [6, 6.07) is 10.7. The molecule has 0 aliphatic rings. The summed E-state index contributed by atoms with van der Waals surface area (Å²) in [5.74, 6) is 4.15. The second kappa shape index (κ2) is 6.78. The van der Waals surface area contributed by atoms with Gasteiger partial charge in [0.15, 0.2) is 6.61 Å². The van der Waals surface area contributed by atoms with Crippen LogP contribution in [0.25, 0.3) is 0 Å². The van der Waals surface area contributed by atoms with E-state index in [2.05, 4.69) is 11.8 Å². The first-order chi connectivity index (χ1) is 10.1. The zero-order valence-electron chi connectivity index (χ0n) is 10.8. The largest absolute Gasteiger partial charge is 0.481 e. The quantitative estimate of drug-likeness (QED) is 0.885.